The van der Waals surface area contributed by atoms with Crippen LogP contribution in [0.15, 0.2) is 97.1 Å². The van der Waals surface area contributed by atoms with Crippen LogP contribution in [0.25, 0.3) is 76.4 Å². The first-order valence-corrected chi connectivity index (χ1v) is 19.5. The molecule has 6 aliphatic carbocycles. The zero-order valence-electron chi connectivity index (χ0n) is 28.9. The first-order valence-electron chi connectivity index (χ1n) is 19.5. The fourth-order valence-electron chi connectivity index (χ4n) is 11.6. The standard InChI is InChI=1S/C48H36N2O2/c51-47-27-14-10-25(11-15-27)32-20-35-37-22-36-34-18-29-6-4-5-7-30(29)19-41(34)49(31-8-2-1-3-9-31)45(36)44-40-21-33-26-12-16-28(17-13-26)48(52)39(33)24-43(40)50(46(37)44)42(35)23-38(32)47/h1-9,18-28H,10-17H2. The van der Waals surface area contributed by atoms with Gasteiger partial charge in [0.05, 0.1) is 27.6 Å². The molecule has 2 saturated carbocycles. The molecule has 52 heavy (non-hydrogen) atoms. The van der Waals surface area contributed by atoms with E-state index in [1.165, 1.54) is 70.8 Å². The molecule has 250 valence electrons. The van der Waals surface area contributed by atoms with Crippen molar-refractivity contribution in [3.05, 3.63) is 119 Å². The predicted octanol–water partition coefficient (Wildman–Crippen LogP) is 12.0. The Morgan fingerprint density at radius 2 is 0.962 bits per heavy atom. The number of hydrogen-bond donors (Lipinski definition) is 0. The number of rotatable bonds is 1. The highest BCUT2D eigenvalue weighted by Crippen LogP contribution is 2.52. The SMILES string of the molecule is O=C1c2cc3c(cc2C2CCC1CC2)c1cc2c4cc5ccccc5cc4n(-c4ccccc4)c2c2c4cc5c(cc4n3c12)C(=O)C1CCC5CC1. The topological polar surface area (TPSA) is 43.5 Å². The monoisotopic (exact) mass is 672 g/mol. The van der Waals surface area contributed by atoms with Crippen molar-refractivity contribution >= 4 is 82.2 Å². The molecule has 0 N–H and O–H groups in total. The molecule has 6 aromatic carbocycles. The maximum atomic E-state index is 14.2. The molecule has 6 aliphatic rings. The summed E-state index contributed by atoms with van der Waals surface area (Å²) in [6.45, 7) is 0. The van der Waals surface area contributed by atoms with E-state index < -0.39 is 0 Å². The van der Waals surface area contributed by atoms with Crippen molar-refractivity contribution in [2.75, 3.05) is 0 Å². The van der Waals surface area contributed by atoms with Crippen molar-refractivity contribution < 1.29 is 9.59 Å². The third-order valence-corrected chi connectivity index (χ3v) is 14.1. The molecule has 0 atom stereocenters. The lowest BCUT2D eigenvalue weighted by Gasteiger charge is -2.22. The third kappa shape index (κ3) is 3.40. The van der Waals surface area contributed by atoms with Crippen molar-refractivity contribution in [2.45, 2.75) is 63.2 Å². The maximum Gasteiger partial charge on any atom is 0.166 e. The van der Waals surface area contributed by atoms with Crippen molar-refractivity contribution in [1.82, 2.24) is 8.97 Å². The van der Waals surface area contributed by atoms with E-state index in [-0.39, 0.29) is 11.8 Å². The number of ketones is 2. The van der Waals surface area contributed by atoms with Gasteiger partial charge in [0.15, 0.2) is 11.6 Å². The van der Waals surface area contributed by atoms with Crippen LogP contribution in [0.4, 0.5) is 0 Å². The second-order valence-electron chi connectivity index (χ2n) is 16.5. The second kappa shape index (κ2) is 9.68. The summed E-state index contributed by atoms with van der Waals surface area (Å²) in [5, 5.41) is 9.90. The van der Waals surface area contributed by atoms with Crippen LogP contribution in [0.2, 0.25) is 0 Å². The molecule has 9 aromatic rings. The van der Waals surface area contributed by atoms with E-state index in [2.05, 4.69) is 106 Å². The number of benzene rings is 6. The van der Waals surface area contributed by atoms with E-state index in [1.807, 2.05) is 0 Å². The fraction of sp³-hybridized carbons (Fsp3) is 0.250. The highest BCUT2D eigenvalue weighted by molar-refractivity contribution is 6.35. The van der Waals surface area contributed by atoms with Crippen LogP contribution in [-0.4, -0.2) is 20.5 Å². The maximum absolute atomic E-state index is 14.2. The molecule has 4 nitrogen and oxygen atoms in total. The van der Waals surface area contributed by atoms with Crippen molar-refractivity contribution in [2.24, 2.45) is 11.8 Å². The molecule has 0 saturated heterocycles. The molecule has 2 fully saturated rings. The van der Waals surface area contributed by atoms with E-state index >= 15 is 0 Å². The van der Waals surface area contributed by atoms with Gasteiger partial charge in [-0.1, -0.05) is 42.5 Å². The minimum atomic E-state index is 0.131. The first kappa shape index (κ1) is 28.1. The summed E-state index contributed by atoms with van der Waals surface area (Å²) in [7, 11) is 0. The smallest absolute Gasteiger partial charge is 0.166 e. The predicted molar refractivity (Wildman–Crippen MR) is 211 cm³/mol. The van der Waals surface area contributed by atoms with Crippen LogP contribution in [-0.2, 0) is 0 Å². The van der Waals surface area contributed by atoms with Gasteiger partial charge < -0.3 is 8.97 Å². The summed E-state index contributed by atoms with van der Waals surface area (Å²) in [4.78, 5) is 28.3. The van der Waals surface area contributed by atoms with Crippen LogP contribution < -0.4 is 0 Å². The molecular formula is C48H36N2O2. The normalized spacial score (nSPS) is 22.8. The Bertz CT molecular complexity index is 3070. The number of carbonyl (C=O) groups is 2. The Kier molecular flexibility index (Phi) is 5.24. The summed E-state index contributed by atoms with van der Waals surface area (Å²) in [6, 6.07) is 36.1. The second-order valence-corrected chi connectivity index (χ2v) is 16.5. The van der Waals surface area contributed by atoms with Crippen LogP contribution in [0.1, 0.15) is 95.0 Å². The number of fused-ring (bicyclic) bond motifs is 15. The minimum absolute atomic E-state index is 0.131. The Labute approximate surface area is 300 Å². The van der Waals surface area contributed by atoms with E-state index in [0.717, 1.165) is 79.2 Å². The van der Waals surface area contributed by atoms with Crippen LogP contribution in [0, 0.1) is 11.8 Å². The Morgan fingerprint density at radius 3 is 1.62 bits per heavy atom. The number of hydrogen-bond acceptors (Lipinski definition) is 2. The van der Waals surface area contributed by atoms with Crippen LogP contribution in [0.3, 0.4) is 0 Å². The molecule has 4 bridgehead atoms. The van der Waals surface area contributed by atoms with E-state index in [1.54, 1.807) is 0 Å². The minimum Gasteiger partial charge on any atom is -0.309 e. The summed E-state index contributed by atoms with van der Waals surface area (Å²) in [5.41, 5.74) is 11.3. The van der Waals surface area contributed by atoms with Gasteiger partial charge in [-0.3, -0.25) is 9.59 Å². The summed E-state index contributed by atoms with van der Waals surface area (Å²) in [6.07, 6.45) is 8.36. The van der Waals surface area contributed by atoms with Gasteiger partial charge in [-0.25, -0.2) is 0 Å². The van der Waals surface area contributed by atoms with Crippen LogP contribution >= 0.6 is 0 Å². The first-order chi connectivity index (χ1) is 25.6. The molecule has 3 aromatic heterocycles. The number of carbonyl (C=O) groups excluding carboxylic acids is 2. The Balaban J connectivity index is 1.29. The number of aromatic nitrogens is 2. The molecule has 0 unspecified atom stereocenters. The summed E-state index contributed by atoms with van der Waals surface area (Å²) >= 11 is 0. The highest BCUT2D eigenvalue weighted by atomic mass is 16.1. The average Bonchev–Trinajstić information content (AvgIpc) is 3.68. The van der Waals surface area contributed by atoms with E-state index in [9.17, 15) is 9.59 Å². The van der Waals surface area contributed by atoms with Gasteiger partial charge in [0.25, 0.3) is 0 Å². The summed E-state index contributed by atoms with van der Waals surface area (Å²) in [5.74, 6) is 1.79. The van der Waals surface area contributed by atoms with Gasteiger partial charge in [-0.05, 0) is 140 Å². The molecule has 3 heterocycles. The lowest BCUT2D eigenvalue weighted by Crippen LogP contribution is -2.15. The lowest BCUT2D eigenvalue weighted by molar-refractivity contribution is 0.0891. The van der Waals surface area contributed by atoms with Crippen molar-refractivity contribution in [3.63, 3.8) is 0 Å². The summed E-state index contributed by atoms with van der Waals surface area (Å²) < 4.78 is 4.93. The molecule has 4 heteroatoms. The molecule has 0 amide bonds. The molecule has 0 radical (unpaired) electrons. The number of para-hydroxylation sites is 1. The van der Waals surface area contributed by atoms with Gasteiger partial charge in [0, 0.05) is 61.0 Å². The quantitative estimate of drug-likeness (QED) is 0.174. The Morgan fingerprint density at radius 1 is 0.442 bits per heavy atom. The van der Waals surface area contributed by atoms with Crippen molar-refractivity contribution in [3.8, 4) is 5.69 Å². The van der Waals surface area contributed by atoms with Gasteiger partial charge in [-0.15, -0.1) is 0 Å². The zero-order chi connectivity index (χ0) is 34.0. The molecule has 0 aliphatic heterocycles. The van der Waals surface area contributed by atoms with E-state index in [4.69, 9.17) is 0 Å². The van der Waals surface area contributed by atoms with Gasteiger partial charge in [-0.2, -0.15) is 0 Å². The van der Waals surface area contributed by atoms with Crippen molar-refractivity contribution in [1.29, 1.82) is 0 Å². The van der Waals surface area contributed by atoms with Crippen LogP contribution in [0.5, 0.6) is 0 Å². The molecule has 15 rings (SSSR count). The van der Waals surface area contributed by atoms with Gasteiger partial charge in [0.1, 0.15) is 0 Å². The van der Waals surface area contributed by atoms with E-state index in [0.29, 0.717) is 23.4 Å². The number of Topliss-reactive ketones (excluding diaryl/α,β-unsaturated/α-hetero) is 2. The third-order valence-electron chi connectivity index (χ3n) is 14.1. The zero-order valence-corrected chi connectivity index (χ0v) is 28.9. The Hall–Kier alpha value is -5.48. The molecule has 0 spiro atoms. The van der Waals surface area contributed by atoms with Gasteiger partial charge in [0.2, 0.25) is 0 Å². The largest absolute Gasteiger partial charge is 0.309 e. The van der Waals surface area contributed by atoms with Gasteiger partial charge >= 0.3 is 0 Å². The lowest BCUT2D eigenvalue weighted by atomic mass is 9.82. The fourth-order valence-corrected chi connectivity index (χ4v) is 11.6. The average molecular weight is 673 g/mol. The highest BCUT2D eigenvalue weighted by Gasteiger charge is 2.38. The molecular weight excluding hydrogens is 637 g/mol. The number of nitrogens with zero attached hydrogens (tertiary/aromatic N) is 2.